The maximum atomic E-state index is 6.04. The van der Waals surface area contributed by atoms with Crippen LogP contribution in [0.2, 0.25) is 0 Å². The predicted octanol–water partition coefficient (Wildman–Crippen LogP) is 4.73. The number of ether oxygens (including phenoxy) is 2. The van der Waals surface area contributed by atoms with E-state index in [9.17, 15) is 0 Å². The molecule has 0 saturated heterocycles. The lowest BCUT2D eigenvalue weighted by atomic mass is 10.1. The number of halogens is 2. The van der Waals surface area contributed by atoms with Crippen molar-refractivity contribution in [2.45, 2.75) is 38.5 Å². The Hall–Kier alpha value is -1.43. The molecule has 1 N–H and O–H groups in total. The quantitative estimate of drug-likeness (QED) is 0.569. The van der Waals surface area contributed by atoms with Crippen LogP contribution in [0.5, 0.6) is 11.5 Å². The maximum Gasteiger partial charge on any atom is 0.163 e. The highest BCUT2D eigenvalue weighted by molar-refractivity contribution is 5.96. The number of nitrogens with one attached hydrogen (secondary N) is 1. The number of fused-ring (bicyclic) bond motifs is 2. The fraction of sp³-hybridized carbons (Fsp3) is 0.591. The highest BCUT2D eigenvalue weighted by Crippen LogP contribution is 2.40. The topological polar surface area (TPSA) is 46.6 Å². The van der Waals surface area contributed by atoms with E-state index in [2.05, 4.69) is 36.4 Å². The Morgan fingerprint density at radius 1 is 1.14 bits per heavy atom. The van der Waals surface area contributed by atoms with Gasteiger partial charge in [-0.05, 0) is 70.2 Å². The molecule has 0 aliphatic heterocycles. The first kappa shape index (κ1) is 23.8. The molecule has 0 spiro atoms. The molecule has 1 heterocycles. The van der Waals surface area contributed by atoms with Crippen LogP contribution in [0.25, 0.3) is 10.9 Å². The summed E-state index contributed by atoms with van der Waals surface area (Å²) in [6, 6.07) is 4.17. The molecule has 29 heavy (non-hydrogen) atoms. The van der Waals surface area contributed by atoms with E-state index in [0.29, 0.717) is 6.61 Å². The van der Waals surface area contributed by atoms with Crippen molar-refractivity contribution in [2.24, 2.45) is 5.92 Å². The number of aryl methyl sites for hydroxylation is 1. The third-order valence-corrected chi connectivity index (χ3v) is 5.57. The number of hydrogen-bond acceptors (Lipinski definition) is 5. The first-order valence-electron chi connectivity index (χ1n) is 10.2. The number of methoxy groups -OCH3 is 1. The van der Waals surface area contributed by atoms with Gasteiger partial charge in [-0.2, -0.15) is 0 Å². The van der Waals surface area contributed by atoms with Gasteiger partial charge in [-0.15, -0.1) is 24.8 Å². The summed E-state index contributed by atoms with van der Waals surface area (Å²) in [6.45, 7) is 2.76. The van der Waals surface area contributed by atoms with Crippen LogP contribution < -0.4 is 14.8 Å². The minimum Gasteiger partial charge on any atom is -0.493 e. The summed E-state index contributed by atoms with van der Waals surface area (Å²) in [5.74, 6) is 2.43. The first-order chi connectivity index (χ1) is 13.2. The molecule has 162 valence electrons. The van der Waals surface area contributed by atoms with Crippen molar-refractivity contribution < 1.29 is 9.47 Å². The van der Waals surface area contributed by atoms with Gasteiger partial charge in [0.15, 0.2) is 11.5 Å². The van der Waals surface area contributed by atoms with Crippen LogP contribution in [0.15, 0.2) is 12.1 Å². The Bertz CT molecular complexity index is 826. The minimum atomic E-state index is 0. The van der Waals surface area contributed by atoms with Gasteiger partial charge in [0.25, 0.3) is 0 Å². The molecule has 0 amide bonds. The highest BCUT2D eigenvalue weighted by Gasteiger charge is 2.25. The van der Waals surface area contributed by atoms with E-state index in [1.54, 1.807) is 7.11 Å². The average Bonchev–Trinajstić information content (AvgIpc) is 3.37. The fourth-order valence-corrected chi connectivity index (χ4v) is 3.88. The van der Waals surface area contributed by atoms with Gasteiger partial charge in [-0.1, -0.05) is 0 Å². The molecule has 0 atom stereocenters. The zero-order chi connectivity index (χ0) is 18.8. The van der Waals surface area contributed by atoms with E-state index in [-0.39, 0.29) is 24.8 Å². The van der Waals surface area contributed by atoms with E-state index in [1.165, 1.54) is 36.2 Å². The van der Waals surface area contributed by atoms with E-state index < -0.39 is 0 Å². The second-order valence-corrected chi connectivity index (χ2v) is 8.12. The fourth-order valence-electron chi connectivity index (χ4n) is 3.88. The van der Waals surface area contributed by atoms with Crippen molar-refractivity contribution in [3.8, 4) is 11.5 Å². The lowest BCUT2D eigenvalue weighted by molar-refractivity contribution is 0.268. The smallest absolute Gasteiger partial charge is 0.163 e. The molecule has 2 aliphatic carbocycles. The van der Waals surface area contributed by atoms with E-state index in [1.807, 2.05) is 0 Å². The Kier molecular flexibility index (Phi) is 8.68. The Morgan fingerprint density at radius 3 is 2.62 bits per heavy atom. The summed E-state index contributed by atoms with van der Waals surface area (Å²) in [5, 5.41) is 4.90. The Morgan fingerprint density at radius 2 is 1.93 bits per heavy atom. The SMILES string of the molecule is COc1cc2c(NCC3CC3)c3c(nc2cc1OCCCN(C)C)CCC3.Cl.Cl. The number of benzene rings is 1. The van der Waals surface area contributed by atoms with Gasteiger partial charge in [-0.3, -0.25) is 4.98 Å². The van der Waals surface area contributed by atoms with E-state index in [0.717, 1.165) is 60.7 Å². The van der Waals surface area contributed by atoms with Gasteiger partial charge in [0, 0.05) is 35.9 Å². The Labute approximate surface area is 186 Å². The molecule has 1 fully saturated rings. The molecule has 4 rings (SSSR count). The van der Waals surface area contributed by atoms with Gasteiger partial charge in [-0.25, -0.2) is 0 Å². The van der Waals surface area contributed by atoms with Gasteiger partial charge < -0.3 is 19.7 Å². The minimum absolute atomic E-state index is 0. The number of nitrogens with zero attached hydrogens (tertiary/aromatic N) is 2. The van der Waals surface area contributed by atoms with Crippen molar-refractivity contribution >= 4 is 41.4 Å². The molecule has 2 aromatic rings. The van der Waals surface area contributed by atoms with Crippen molar-refractivity contribution in [3.63, 3.8) is 0 Å². The van der Waals surface area contributed by atoms with Crippen molar-refractivity contribution in [1.29, 1.82) is 0 Å². The first-order valence-corrected chi connectivity index (χ1v) is 10.2. The van der Waals surface area contributed by atoms with E-state index >= 15 is 0 Å². The molecule has 0 unspecified atom stereocenters. The van der Waals surface area contributed by atoms with Crippen molar-refractivity contribution in [1.82, 2.24) is 9.88 Å². The summed E-state index contributed by atoms with van der Waals surface area (Å²) in [6.07, 6.45) is 7.09. The van der Waals surface area contributed by atoms with Crippen LogP contribution in [0.1, 0.15) is 36.9 Å². The number of pyridine rings is 1. The number of anilines is 1. The van der Waals surface area contributed by atoms with Gasteiger partial charge >= 0.3 is 0 Å². The monoisotopic (exact) mass is 441 g/mol. The normalized spacial score (nSPS) is 14.9. The van der Waals surface area contributed by atoms with Crippen LogP contribution in [-0.2, 0) is 12.8 Å². The maximum absolute atomic E-state index is 6.04. The zero-order valence-electron chi connectivity index (χ0n) is 17.6. The molecule has 2 aliphatic rings. The van der Waals surface area contributed by atoms with Crippen molar-refractivity contribution in [2.75, 3.05) is 46.2 Å². The summed E-state index contributed by atoms with van der Waals surface area (Å²) >= 11 is 0. The summed E-state index contributed by atoms with van der Waals surface area (Å²) in [5.41, 5.74) is 4.95. The van der Waals surface area contributed by atoms with Gasteiger partial charge in [0.1, 0.15) is 0 Å². The molecule has 0 radical (unpaired) electrons. The zero-order valence-corrected chi connectivity index (χ0v) is 19.3. The van der Waals surface area contributed by atoms with Crippen LogP contribution in [0.3, 0.4) is 0 Å². The lowest BCUT2D eigenvalue weighted by Gasteiger charge is -2.17. The molecular weight excluding hydrogens is 409 g/mol. The number of rotatable bonds is 9. The third-order valence-electron chi connectivity index (χ3n) is 5.57. The molecule has 1 aromatic carbocycles. The molecule has 7 heteroatoms. The second kappa shape index (κ2) is 10.6. The summed E-state index contributed by atoms with van der Waals surface area (Å²) < 4.78 is 11.7. The highest BCUT2D eigenvalue weighted by atomic mass is 35.5. The van der Waals surface area contributed by atoms with Crippen LogP contribution in [0, 0.1) is 5.92 Å². The van der Waals surface area contributed by atoms with Gasteiger partial charge in [0.05, 0.1) is 19.2 Å². The summed E-state index contributed by atoms with van der Waals surface area (Å²) in [7, 11) is 5.88. The number of hydrogen-bond donors (Lipinski definition) is 1. The lowest BCUT2D eigenvalue weighted by Crippen LogP contribution is -2.15. The van der Waals surface area contributed by atoms with Crippen LogP contribution in [0.4, 0.5) is 5.69 Å². The predicted molar refractivity (Wildman–Crippen MR) is 125 cm³/mol. The summed E-state index contributed by atoms with van der Waals surface area (Å²) in [4.78, 5) is 7.14. The number of aromatic nitrogens is 1. The molecule has 0 bridgehead atoms. The van der Waals surface area contributed by atoms with Crippen molar-refractivity contribution in [3.05, 3.63) is 23.4 Å². The molecular formula is C22H33Cl2N3O2. The largest absolute Gasteiger partial charge is 0.493 e. The average molecular weight is 442 g/mol. The third kappa shape index (κ3) is 5.59. The second-order valence-electron chi connectivity index (χ2n) is 8.12. The van der Waals surface area contributed by atoms with Crippen LogP contribution in [-0.4, -0.2) is 50.8 Å². The molecule has 5 nitrogen and oxygen atoms in total. The Balaban J connectivity index is 0.00000150. The van der Waals surface area contributed by atoms with Gasteiger partial charge in [0.2, 0.25) is 0 Å². The standard InChI is InChI=1S/C22H31N3O2.2ClH/c1-25(2)10-5-11-27-21-13-19-17(12-20(21)26-3)22(23-14-15-8-9-15)16-6-4-7-18(16)24-19;;/h12-13,15H,4-11,14H2,1-3H3,(H,23,24);2*1H. The van der Waals surface area contributed by atoms with E-state index in [4.69, 9.17) is 14.5 Å². The van der Waals surface area contributed by atoms with Crippen LogP contribution >= 0.6 is 24.8 Å². The molecule has 1 saturated carbocycles. The molecule has 1 aromatic heterocycles.